The molecule has 1 amide bonds. The molecule has 0 radical (unpaired) electrons. The van der Waals surface area contributed by atoms with Crippen molar-refractivity contribution in [1.82, 2.24) is 10.2 Å². The van der Waals surface area contributed by atoms with Gasteiger partial charge in [-0.05, 0) is 91.4 Å². The lowest BCUT2D eigenvalue weighted by Gasteiger charge is -2.63. The molecule has 2 saturated carbocycles. The maximum Gasteiger partial charge on any atom is 0.255 e. The van der Waals surface area contributed by atoms with Gasteiger partial charge in [0.15, 0.2) is 11.5 Å². The molecule has 2 bridgehead atoms. The van der Waals surface area contributed by atoms with Crippen LogP contribution in [0.2, 0.25) is 0 Å². The standard InChI is InChI=1S/C36H38N2O6/c39-27-11-13-36(42)31-18-26-7-9-28(33(40)32(26)35(36,19-27)14-16-38(31)20-23-1-2-23)34(41)37-15-12-22-3-5-24(6-4-22)25-8-10-29-30(17-25)44-21-43-29/h3-10,17,23,31,40,42H,1-2,11-16,18-21H2,(H,37,41). The van der Waals surface area contributed by atoms with Crippen LogP contribution in [0.5, 0.6) is 17.2 Å². The molecule has 3 aliphatic carbocycles. The molecule has 2 aliphatic heterocycles. The number of aromatic hydroxyl groups is 1. The quantitative estimate of drug-likeness (QED) is 0.369. The summed E-state index contributed by atoms with van der Waals surface area (Å²) in [5.74, 6) is 1.90. The lowest BCUT2D eigenvalue weighted by Crippen LogP contribution is -2.73. The number of carbonyl (C=O) groups excluding carboxylic acids is 2. The normalized spacial score (nSPS) is 27.0. The molecule has 3 fully saturated rings. The number of benzene rings is 3. The molecule has 3 N–H and O–H groups in total. The van der Waals surface area contributed by atoms with Crippen LogP contribution < -0.4 is 14.8 Å². The molecule has 5 aliphatic rings. The van der Waals surface area contributed by atoms with Crippen LogP contribution >= 0.6 is 0 Å². The number of hydrogen-bond donors (Lipinski definition) is 3. The Balaban J connectivity index is 0.991. The minimum Gasteiger partial charge on any atom is -0.507 e. The molecule has 0 aromatic heterocycles. The van der Waals surface area contributed by atoms with Gasteiger partial charge in [-0.3, -0.25) is 14.5 Å². The zero-order valence-electron chi connectivity index (χ0n) is 24.8. The molecule has 8 rings (SSSR count). The number of nitrogens with zero attached hydrogens (tertiary/aromatic N) is 1. The molecule has 3 aromatic rings. The van der Waals surface area contributed by atoms with E-state index in [1.54, 1.807) is 6.07 Å². The minimum absolute atomic E-state index is 0.0738. The number of ether oxygens (including phenoxy) is 2. The lowest BCUT2D eigenvalue weighted by atomic mass is 9.49. The van der Waals surface area contributed by atoms with E-state index >= 15 is 0 Å². The van der Waals surface area contributed by atoms with Gasteiger partial charge in [-0.1, -0.05) is 36.4 Å². The molecule has 44 heavy (non-hydrogen) atoms. The van der Waals surface area contributed by atoms with Crippen LogP contribution in [-0.2, 0) is 23.1 Å². The fourth-order valence-corrected chi connectivity index (χ4v) is 8.39. The van der Waals surface area contributed by atoms with E-state index in [4.69, 9.17) is 9.47 Å². The minimum atomic E-state index is -1.10. The van der Waals surface area contributed by atoms with Crippen molar-refractivity contribution in [2.75, 3.05) is 26.4 Å². The Kier molecular flexibility index (Phi) is 6.50. The first-order valence-corrected chi connectivity index (χ1v) is 16.0. The predicted molar refractivity (Wildman–Crippen MR) is 164 cm³/mol. The Labute approximate surface area is 257 Å². The van der Waals surface area contributed by atoms with Gasteiger partial charge < -0.3 is 25.0 Å². The third-order valence-corrected chi connectivity index (χ3v) is 10.9. The molecule has 1 saturated heterocycles. The van der Waals surface area contributed by atoms with E-state index in [9.17, 15) is 19.8 Å². The number of phenolic OH excluding ortho intramolecular Hbond substituents is 1. The van der Waals surface area contributed by atoms with E-state index in [0.29, 0.717) is 50.1 Å². The van der Waals surface area contributed by atoms with Crippen molar-refractivity contribution < 1.29 is 29.3 Å². The number of Topliss-reactive ketones (excluding diaryl/α,β-unsaturated/α-hetero) is 1. The molecule has 228 valence electrons. The van der Waals surface area contributed by atoms with E-state index in [1.807, 2.05) is 24.3 Å². The van der Waals surface area contributed by atoms with Crippen LogP contribution in [-0.4, -0.2) is 64.9 Å². The molecule has 3 unspecified atom stereocenters. The number of carbonyl (C=O) groups is 2. The molecule has 8 heteroatoms. The van der Waals surface area contributed by atoms with Crippen molar-refractivity contribution in [3.05, 3.63) is 76.9 Å². The number of fused-ring (bicyclic) bond motifs is 2. The van der Waals surface area contributed by atoms with Crippen molar-refractivity contribution in [3.63, 3.8) is 0 Å². The molecule has 3 aromatic carbocycles. The third-order valence-electron chi connectivity index (χ3n) is 10.9. The summed E-state index contributed by atoms with van der Waals surface area (Å²) in [5.41, 5.74) is 3.02. The summed E-state index contributed by atoms with van der Waals surface area (Å²) in [4.78, 5) is 28.7. The number of phenols is 1. The second-order valence-electron chi connectivity index (χ2n) is 13.4. The summed E-state index contributed by atoms with van der Waals surface area (Å²) >= 11 is 0. The van der Waals surface area contributed by atoms with Gasteiger partial charge >= 0.3 is 0 Å². The Morgan fingerprint density at radius 1 is 1.00 bits per heavy atom. The lowest BCUT2D eigenvalue weighted by molar-refractivity contribution is -0.173. The van der Waals surface area contributed by atoms with E-state index in [2.05, 4.69) is 34.5 Å². The molecule has 3 atom stereocenters. The molecular weight excluding hydrogens is 556 g/mol. The van der Waals surface area contributed by atoms with Gasteiger partial charge in [0.1, 0.15) is 11.5 Å². The Morgan fingerprint density at radius 2 is 1.80 bits per heavy atom. The second kappa shape index (κ2) is 10.3. The Morgan fingerprint density at radius 3 is 2.61 bits per heavy atom. The summed E-state index contributed by atoms with van der Waals surface area (Å²) in [5, 5.41) is 27.0. The van der Waals surface area contributed by atoms with Crippen molar-refractivity contribution in [1.29, 1.82) is 0 Å². The highest BCUT2D eigenvalue weighted by atomic mass is 16.7. The smallest absolute Gasteiger partial charge is 0.255 e. The Bertz CT molecular complexity index is 1650. The third kappa shape index (κ3) is 4.41. The number of ketones is 1. The van der Waals surface area contributed by atoms with E-state index in [-0.39, 0.29) is 42.3 Å². The van der Waals surface area contributed by atoms with Gasteiger partial charge in [-0.25, -0.2) is 0 Å². The number of rotatable bonds is 7. The molecule has 8 nitrogen and oxygen atoms in total. The van der Waals surface area contributed by atoms with Crippen LogP contribution in [0.3, 0.4) is 0 Å². The Hall–Kier alpha value is -3.88. The van der Waals surface area contributed by atoms with E-state index in [1.165, 1.54) is 12.8 Å². The maximum absolute atomic E-state index is 13.4. The molecule has 0 spiro atoms. The van der Waals surface area contributed by atoms with Gasteiger partial charge in [0.2, 0.25) is 6.79 Å². The summed E-state index contributed by atoms with van der Waals surface area (Å²) < 4.78 is 10.9. The molecule has 2 heterocycles. The van der Waals surface area contributed by atoms with Crippen LogP contribution in [0, 0.1) is 5.92 Å². The second-order valence-corrected chi connectivity index (χ2v) is 13.4. The number of likely N-dealkylation sites (tertiary alicyclic amines) is 1. The first-order valence-electron chi connectivity index (χ1n) is 16.0. The van der Waals surface area contributed by atoms with Crippen molar-refractivity contribution in [3.8, 4) is 28.4 Å². The fraction of sp³-hybridized carbons (Fsp3) is 0.444. The number of amides is 1. The highest BCUT2D eigenvalue weighted by molar-refractivity contribution is 5.98. The van der Waals surface area contributed by atoms with E-state index < -0.39 is 11.0 Å². The van der Waals surface area contributed by atoms with Gasteiger partial charge in [0.25, 0.3) is 5.91 Å². The topological polar surface area (TPSA) is 108 Å². The highest BCUT2D eigenvalue weighted by Gasteiger charge is 2.65. The summed E-state index contributed by atoms with van der Waals surface area (Å²) in [6.45, 7) is 2.43. The van der Waals surface area contributed by atoms with Gasteiger partial charge in [0.05, 0.1) is 11.2 Å². The highest BCUT2D eigenvalue weighted by Crippen LogP contribution is 2.60. The van der Waals surface area contributed by atoms with Crippen molar-refractivity contribution in [2.24, 2.45) is 5.92 Å². The van der Waals surface area contributed by atoms with Crippen LogP contribution in [0.4, 0.5) is 0 Å². The van der Waals surface area contributed by atoms with Gasteiger partial charge in [0, 0.05) is 43.0 Å². The van der Waals surface area contributed by atoms with Crippen LogP contribution in [0.15, 0.2) is 54.6 Å². The van der Waals surface area contributed by atoms with E-state index in [0.717, 1.165) is 46.8 Å². The molecular formula is C36H38N2O6. The average Bonchev–Trinajstić information content (AvgIpc) is 3.71. The van der Waals surface area contributed by atoms with Gasteiger partial charge in [-0.2, -0.15) is 0 Å². The SMILES string of the molecule is O=C1CCC2(O)C3Cc4ccc(C(=O)NCCc5ccc(-c6ccc7c(c6)OCO7)cc5)c(O)c4C2(CCN3CC2CC2)C1. The summed E-state index contributed by atoms with van der Waals surface area (Å²) in [6, 6.07) is 17.7. The zero-order valence-corrected chi connectivity index (χ0v) is 24.8. The maximum atomic E-state index is 13.4. The zero-order chi connectivity index (χ0) is 30.1. The number of nitrogens with one attached hydrogen (secondary N) is 1. The number of piperidine rings is 1. The summed E-state index contributed by atoms with van der Waals surface area (Å²) in [7, 11) is 0. The van der Waals surface area contributed by atoms with Gasteiger partial charge in [-0.15, -0.1) is 0 Å². The average molecular weight is 595 g/mol. The van der Waals surface area contributed by atoms with Crippen LogP contribution in [0.25, 0.3) is 11.1 Å². The van der Waals surface area contributed by atoms with Crippen molar-refractivity contribution in [2.45, 2.75) is 68.4 Å². The first-order chi connectivity index (χ1) is 21.3. The number of hydrogen-bond acceptors (Lipinski definition) is 7. The fourth-order valence-electron chi connectivity index (χ4n) is 8.39. The first kappa shape index (κ1) is 27.7. The van der Waals surface area contributed by atoms with Crippen LogP contribution in [0.1, 0.15) is 65.6 Å². The predicted octanol–water partition coefficient (Wildman–Crippen LogP) is 4.52. The largest absolute Gasteiger partial charge is 0.507 e. The monoisotopic (exact) mass is 594 g/mol. The number of aliphatic hydroxyl groups is 1. The van der Waals surface area contributed by atoms with Crippen molar-refractivity contribution >= 4 is 11.7 Å². The summed E-state index contributed by atoms with van der Waals surface area (Å²) in [6.07, 6.45) is 5.32.